The second-order valence-corrected chi connectivity index (χ2v) is 8.77. The monoisotopic (exact) mass is 526 g/mol. The SMILES string of the molecule is O=C(Oc1ccc2c(=O)c(Oc3ccc4ccccc4c3)c(C(F)(F)F)oc2c1)c1cccc2ccccc12. The number of esters is 1. The molecule has 39 heavy (non-hydrogen) atoms. The van der Waals surface area contributed by atoms with Gasteiger partial charge in [-0.2, -0.15) is 13.2 Å². The summed E-state index contributed by atoms with van der Waals surface area (Å²) in [5.74, 6) is -3.32. The van der Waals surface area contributed by atoms with Crippen molar-refractivity contribution in [1.82, 2.24) is 0 Å². The van der Waals surface area contributed by atoms with Gasteiger partial charge in [0.15, 0.2) is 0 Å². The number of rotatable bonds is 4. The lowest BCUT2D eigenvalue weighted by Crippen LogP contribution is -2.15. The summed E-state index contributed by atoms with van der Waals surface area (Å²) in [5, 5.41) is 2.91. The number of benzene rings is 5. The topological polar surface area (TPSA) is 65.7 Å². The number of hydrogen-bond acceptors (Lipinski definition) is 5. The van der Waals surface area contributed by atoms with Crippen LogP contribution in [-0.2, 0) is 6.18 Å². The number of carbonyl (C=O) groups excluding carboxylic acids is 1. The molecule has 0 fully saturated rings. The van der Waals surface area contributed by atoms with E-state index in [-0.39, 0.29) is 22.4 Å². The second-order valence-electron chi connectivity index (χ2n) is 8.77. The minimum Gasteiger partial charge on any atom is -0.449 e. The van der Waals surface area contributed by atoms with Crippen molar-refractivity contribution in [3.63, 3.8) is 0 Å². The number of fused-ring (bicyclic) bond motifs is 3. The van der Waals surface area contributed by atoms with Crippen molar-refractivity contribution in [2.45, 2.75) is 6.18 Å². The maximum Gasteiger partial charge on any atom is 0.453 e. The first-order valence-corrected chi connectivity index (χ1v) is 11.8. The van der Waals surface area contributed by atoms with E-state index in [0.717, 1.165) is 22.2 Å². The van der Waals surface area contributed by atoms with Crippen molar-refractivity contribution >= 4 is 38.5 Å². The molecule has 0 amide bonds. The van der Waals surface area contributed by atoms with Crippen LogP contribution >= 0.6 is 0 Å². The van der Waals surface area contributed by atoms with E-state index >= 15 is 0 Å². The van der Waals surface area contributed by atoms with Gasteiger partial charge in [-0.15, -0.1) is 0 Å². The maximum atomic E-state index is 14.0. The zero-order valence-corrected chi connectivity index (χ0v) is 20.0. The molecule has 1 aromatic heterocycles. The van der Waals surface area contributed by atoms with Crippen molar-refractivity contribution in [1.29, 1.82) is 0 Å². The standard InChI is InChI=1S/C31H17F3O5/c32-31(33,34)29-28(37-21-13-12-18-6-1-2-8-20(18)16-21)27(35)25-15-14-22(17-26(25)39-29)38-30(36)24-11-5-9-19-7-3-4-10-23(19)24/h1-17H. The van der Waals surface area contributed by atoms with Crippen molar-refractivity contribution < 1.29 is 31.9 Å². The molecular formula is C31H17F3O5. The predicted molar refractivity (Wildman–Crippen MR) is 140 cm³/mol. The Morgan fingerprint density at radius 2 is 1.38 bits per heavy atom. The number of alkyl halides is 3. The summed E-state index contributed by atoms with van der Waals surface area (Å²) < 4.78 is 58.0. The van der Waals surface area contributed by atoms with Crippen LogP contribution in [0.1, 0.15) is 16.1 Å². The first-order valence-electron chi connectivity index (χ1n) is 11.8. The van der Waals surface area contributed by atoms with Crippen molar-refractivity contribution in [3.8, 4) is 17.2 Å². The van der Waals surface area contributed by atoms with Gasteiger partial charge >= 0.3 is 12.1 Å². The first-order chi connectivity index (χ1) is 18.8. The van der Waals surface area contributed by atoms with Crippen LogP contribution in [0, 0.1) is 0 Å². The normalized spacial score (nSPS) is 11.7. The van der Waals surface area contributed by atoms with E-state index in [4.69, 9.17) is 13.9 Å². The van der Waals surface area contributed by atoms with Gasteiger partial charge in [0.05, 0.1) is 10.9 Å². The van der Waals surface area contributed by atoms with Gasteiger partial charge in [0, 0.05) is 6.07 Å². The Morgan fingerprint density at radius 1 is 0.692 bits per heavy atom. The molecule has 0 saturated carbocycles. The molecule has 0 aliphatic carbocycles. The average Bonchev–Trinajstić information content (AvgIpc) is 2.93. The van der Waals surface area contributed by atoms with Crippen molar-refractivity contribution in [2.75, 3.05) is 0 Å². The third-order valence-corrected chi connectivity index (χ3v) is 6.24. The lowest BCUT2D eigenvalue weighted by Gasteiger charge is -2.14. The second kappa shape index (κ2) is 9.33. The van der Waals surface area contributed by atoms with Crippen LogP contribution in [0.2, 0.25) is 0 Å². The summed E-state index contributed by atoms with van der Waals surface area (Å²) in [6.07, 6.45) is -5.03. The molecule has 5 aromatic carbocycles. The summed E-state index contributed by atoms with van der Waals surface area (Å²) in [6.45, 7) is 0. The van der Waals surface area contributed by atoms with Crippen LogP contribution in [0.3, 0.4) is 0 Å². The Kier molecular flexibility index (Phi) is 5.80. The largest absolute Gasteiger partial charge is 0.453 e. The quantitative estimate of drug-likeness (QED) is 0.171. The summed E-state index contributed by atoms with van der Waals surface area (Å²) >= 11 is 0. The minimum atomic E-state index is -5.03. The minimum absolute atomic E-state index is 0.0477. The van der Waals surface area contributed by atoms with Gasteiger partial charge in [0.25, 0.3) is 5.76 Å². The Bertz CT molecular complexity index is 1950. The van der Waals surface area contributed by atoms with Gasteiger partial charge in [-0.1, -0.05) is 66.7 Å². The Hall–Kier alpha value is -5.11. The van der Waals surface area contributed by atoms with E-state index in [0.29, 0.717) is 5.39 Å². The molecule has 192 valence electrons. The van der Waals surface area contributed by atoms with Gasteiger partial charge in [0.1, 0.15) is 17.1 Å². The van der Waals surface area contributed by atoms with Crippen LogP contribution in [0.15, 0.2) is 112 Å². The van der Waals surface area contributed by atoms with E-state index in [1.807, 2.05) is 30.3 Å². The third kappa shape index (κ3) is 4.57. The molecule has 0 aliphatic heterocycles. The summed E-state index contributed by atoms with van der Waals surface area (Å²) in [7, 11) is 0. The molecule has 6 aromatic rings. The fourth-order valence-corrected chi connectivity index (χ4v) is 4.41. The highest BCUT2D eigenvalue weighted by Gasteiger charge is 2.40. The van der Waals surface area contributed by atoms with Crippen LogP contribution in [-0.4, -0.2) is 5.97 Å². The summed E-state index contributed by atoms with van der Waals surface area (Å²) in [6, 6.07) is 27.9. The molecule has 1 heterocycles. The smallest absolute Gasteiger partial charge is 0.449 e. The molecule has 6 rings (SSSR count). The van der Waals surface area contributed by atoms with Gasteiger partial charge in [0.2, 0.25) is 11.2 Å². The average molecular weight is 526 g/mol. The number of halogens is 3. The lowest BCUT2D eigenvalue weighted by molar-refractivity contribution is -0.154. The fraction of sp³-hybridized carbons (Fsp3) is 0.0323. The highest BCUT2D eigenvalue weighted by molar-refractivity contribution is 6.05. The highest BCUT2D eigenvalue weighted by atomic mass is 19.4. The van der Waals surface area contributed by atoms with Gasteiger partial charge in [-0.3, -0.25) is 4.79 Å². The Labute approximate surface area is 218 Å². The molecule has 8 heteroatoms. The molecular weight excluding hydrogens is 509 g/mol. The van der Waals surface area contributed by atoms with Crippen LogP contribution < -0.4 is 14.9 Å². The van der Waals surface area contributed by atoms with E-state index in [1.54, 1.807) is 42.5 Å². The van der Waals surface area contributed by atoms with Gasteiger partial charge < -0.3 is 13.9 Å². The molecule has 0 spiro atoms. The Morgan fingerprint density at radius 3 is 2.18 bits per heavy atom. The third-order valence-electron chi connectivity index (χ3n) is 6.24. The van der Waals surface area contributed by atoms with Crippen LogP contribution in [0.25, 0.3) is 32.5 Å². The zero-order valence-electron chi connectivity index (χ0n) is 20.0. The van der Waals surface area contributed by atoms with Gasteiger partial charge in [-0.25, -0.2) is 4.79 Å². The van der Waals surface area contributed by atoms with Gasteiger partial charge in [-0.05, 0) is 51.9 Å². The zero-order chi connectivity index (χ0) is 27.1. The molecule has 5 nitrogen and oxygen atoms in total. The molecule has 0 saturated heterocycles. The lowest BCUT2D eigenvalue weighted by atomic mass is 10.0. The van der Waals surface area contributed by atoms with E-state index in [2.05, 4.69) is 0 Å². The molecule has 0 aliphatic rings. The van der Waals surface area contributed by atoms with E-state index in [9.17, 15) is 22.8 Å². The highest BCUT2D eigenvalue weighted by Crippen LogP contribution is 2.39. The Balaban J connectivity index is 1.39. The molecule has 0 atom stereocenters. The van der Waals surface area contributed by atoms with E-state index in [1.165, 1.54) is 24.3 Å². The van der Waals surface area contributed by atoms with Crippen molar-refractivity contribution in [3.05, 3.63) is 125 Å². The van der Waals surface area contributed by atoms with E-state index < -0.39 is 34.7 Å². The maximum absolute atomic E-state index is 14.0. The number of carbonyl (C=O) groups is 1. The molecule has 0 radical (unpaired) electrons. The number of ether oxygens (including phenoxy) is 2. The summed E-state index contributed by atoms with van der Waals surface area (Å²) in [4.78, 5) is 26.1. The van der Waals surface area contributed by atoms with Crippen molar-refractivity contribution in [2.24, 2.45) is 0 Å². The van der Waals surface area contributed by atoms with Crippen LogP contribution in [0.5, 0.6) is 17.2 Å². The summed E-state index contributed by atoms with van der Waals surface area (Å²) in [5.41, 5.74) is -1.13. The molecule has 0 unspecified atom stereocenters. The fourth-order valence-electron chi connectivity index (χ4n) is 4.41. The van der Waals surface area contributed by atoms with Crippen LogP contribution in [0.4, 0.5) is 13.2 Å². The first kappa shape index (κ1) is 24.2. The molecule has 0 bridgehead atoms. The number of hydrogen-bond donors (Lipinski definition) is 0. The predicted octanol–water partition coefficient (Wildman–Crippen LogP) is 8.13. The molecule has 0 N–H and O–H groups in total.